The van der Waals surface area contributed by atoms with Crippen LogP contribution in [-0.2, 0) is 11.0 Å². The summed E-state index contributed by atoms with van der Waals surface area (Å²) in [5.41, 5.74) is 0.0271. The number of carboxylic acids is 1. The summed E-state index contributed by atoms with van der Waals surface area (Å²) in [5.74, 6) is -0.253. The second-order valence-corrected chi connectivity index (χ2v) is 8.23. The van der Waals surface area contributed by atoms with E-state index in [1.54, 1.807) is 12.1 Å². The van der Waals surface area contributed by atoms with Gasteiger partial charge >= 0.3 is 12.1 Å². The van der Waals surface area contributed by atoms with Crippen molar-refractivity contribution >= 4 is 17.6 Å². The van der Waals surface area contributed by atoms with E-state index >= 15 is 0 Å². The molecule has 2 heterocycles. The third-order valence-electron chi connectivity index (χ3n) is 6.51. The van der Waals surface area contributed by atoms with Crippen molar-refractivity contribution in [3.05, 3.63) is 35.4 Å². The maximum atomic E-state index is 13.4. The maximum Gasteiger partial charge on any atom is 0.416 e. The number of hydrogen-bond donors (Lipinski definition) is 1. The number of alkyl halides is 3. The molecule has 0 spiro atoms. The Bertz CT molecular complexity index is 851. The maximum absolute atomic E-state index is 13.4. The van der Waals surface area contributed by atoms with Crippen molar-refractivity contribution in [2.75, 3.05) is 19.6 Å². The van der Waals surface area contributed by atoms with Gasteiger partial charge in [-0.15, -0.1) is 0 Å². The highest BCUT2D eigenvalue weighted by atomic mass is 19.4. The molecule has 0 amide bonds. The topological polar surface area (TPSA) is 65.3 Å². The van der Waals surface area contributed by atoms with Crippen LogP contribution in [0.1, 0.15) is 43.2 Å². The molecule has 4 rings (SSSR count). The Kier molecular flexibility index (Phi) is 5.12. The molecule has 1 aliphatic carbocycles. The van der Waals surface area contributed by atoms with Gasteiger partial charge in [-0.05, 0) is 48.6 Å². The number of fused-ring (bicyclic) bond motifs is 1. The molecule has 1 aromatic carbocycles. The summed E-state index contributed by atoms with van der Waals surface area (Å²) in [4.78, 5) is 22.3. The molecule has 1 aromatic rings. The van der Waals surface area contributed by atoms with Crippen LogP contribution >= 0.6 is 0 Å². The Labute approximate surface area is 167 Å². The molecular formula is C21H24F3N3O2. The first kappa shape index (κ1) is 19.9. The van der Waals surface area contributed by atoms with E-state index in [-0.39, 0.29) is 29.4 Å². The number of carboxylic acid groups (broad SMARTS) is 1. The van der Waals surface area contributed by atoms with Crippen molar-refractivity contribution in [3.63, 3.8) is 0 Å². The number of carbonyl (C=O) groups is 1. The normalized spacial score (nSPS) is 29.4. The number of guanidine groups is 1. The van der Waals surface area contributed by atoms with Crippen LogP contribution in [0, 0.1) is 17.8 Å². The zero-order valence-corrected chi connectivity index (χ0v) is 16.2. The highest BCUT2D eigenvalue weighted by molar-refractivity contribution is 6.38. The van der Waals surface area contributed by atoms with Crippen molar-refractivity contribution < 1.29 is 23.1 Å². The summed E-state index contributed by atoms with van der Waals surface area (Å²) < 4.78 is 40.1. The quantitative estimate of drug-likeness (QED) is 0.822. The number of benzene rings is 1. The first-order valence-corrected chi connectivity index (χ1v) is 10.0. The Hall–Kier alpha value is -2.38. The summed E-state index contributed by atoms with van der Waals surface area (Å²) >= 11 is 0. The fraction of sp³-hybridized carbons (Fsp3) is 0.571. The Morgan fingerprint density at radius 1 is 1.21 bits per heavy atom. The van der Waals surface area contributed by atoms with Gasteiger partial charge in [0.2, 0.25) is 5.96 Å². The van der Waals surface area contributed by atoms with Crippen LogP contribution in [0.4, 0.5) is 13.2 Å². The molecule has 5 nitrogen and oxygen atoms in total. The van der Waals surface area contributed by atoms with Crippen molar-refractivity contribution in [3.8, 4) is 0 Å². The molecule has 8 heteroatoms. The lowest BCUT2D eigenvalue weighted by atomic mass is 9.91. The summed E-state index contributed by atoms with van der Waals surface area (Å²) in [6.45, 7) is 3.68. The first-order valence-electron chi connectivity index (χ1n) is 10.0. The van der Waals surface area contributed by atoms with E-state index in [0.717, 1.165) is 0 Å². The van der Waals surface area contributed by atoms with Crippen LogP contribution in [0.3, 0.4) is 0 Å². The second-order valence-electron chi connectivity index (χ2n) is 8.23. The van der Waals surface area contributed by atoms with E-state index in [0.29, 0.717) is 50.4 Å². The largest absolute Gasteiger partial charge is 0.477 e. The summed E-state index contributed by atoms with van der Waals surface area (Å²) in [6.07, 6.45) is -2.26. The molecule has 3 aliphatic rings. The minimum absolute atomic E-state index is 0.0965. The third-order valence-corrected chi connectivity index (χ3v) is 6.51. The van der Waals surface area contributed by atoms with Gasteiger partial charge in [-0.2, -0.15) is 13.2 Å². The lowest BCUT2D eigenvalue weighted by molar-refractivity contribution is -0.138. The Morgan fingerprint density at radius 3 is 2.45 bits per heavy atom. The van der Waals surface area contributed by atoms with Crippen molar-refractivity contribution in [2.45, 2.75) is 38.3 Å². The number of halogens is 3. The first-order chi connectivity index (χ1) is 13.8. The summed E-state index contributed by atoms with van der Waals surface area (Å²) in [6, 6.07) is 5.88. The van der Waals surface area contributed by atoms with Gasteiger partial charge in [-0.3, -0.25) is 4.99 Å². The molecule has 2 fully saturated rings. The molecule has 0 bridgehead atoms. The minimum atomic E-state index is -4.34. The standard InChI is InChI=1S/C21H24F3N3O2/c1-2-12-9-25-20(26-18(12)19(28)29)27-10-14-7-13(8-15(14)11-27)16-5-3-4-6-17(16)21(22,23)24/h3-6,12-15H,2,7-11H2,1H3,(H,28,29). The molecule has 3 unspecified atom stereocenters. The number of likely N-dealkylation sites (tertiary alicyclic amines) is 1. The molecule has 0 radical (unpaired) electrons. The molecule has 156 valence electrons. The molecule has 0 aromatic heterocycles. The number of hydrogen-bond acceptors (Lipinski definition) is 4. The summed E-state index contributed by atoms with van der Waals surface area (Å²) in [5, 5.41) is 9.42. The van der Waals surface area contributed by atoms with Gasteiger partial charge in [-0.1, -0.05) is 25.1 Å². The minimum Gasteiger partial charge on any atom is -0.477 e. The van der Waals surface area contributed by atoms with Crippen LogP contribution < -0.4 is 0 Å². The predicted octanol–water partition coefficient (Wildman–Crippen LogP) is 4.05. The smallest absolute Gasteiger partial charge is 0.416 e. The van der Waals surface area contributed by atoms with E-state index in [2.05, 4.69) is 9.98 Å². The molecule has 3 atom stereocenters. The van der Waals surface area contributed by atoms with E-state index < -0.39 is 17.7 Å². The lowest BCUT2D eigenvalue weighted by Gasteiger charge is -2.25. The van der Waals surface area contributed by atoms with E-state index in [1.165, 1.54) is 12.1 Å². The van der Waals surface area contributed by atoms with Crippen LogP contribution in [-0.4, -0.2) is 47.3 Å². The fourth-order valence-corrected chi connectivity index (χ4v) is 5.06. The molecule has 1 N–H and O–H groups in total. The van der Waals surface area contributed by atoms with E-state index in [4.69, 9.17) is 0 Å². The van der Waals surface area contributed by atoms with Crippen LogP contribution in [0.5, 0.6) is 0 Å². The number of aliphatic imine (C=N–C) groups is 2. The second kappa shape index (κ2) is 7.46. The van der Waals surface area contributed by atoms with Crippen molar-refractivity contribution in [1.29, 1.82) is 0 Å². The highest BCUT2D eigenvalue weighted by Crippen LogP contribution is 2.49. The van der Waals surface area contributed by atoms with Gasteiger partial charge in [0.1, 0.15) is 5.71 Å². The highest BCUT2D eigenvalue weighted by Gasteiger charge is 2.45. The van der Waals surface area contributed by atoms with Crippen LogP contribution in [0.2, 0.25) is 0 Å². The molecule has 1 saturated heterocycles. The van der Waals surface area contributed by atoms with Crippen molar-refractivity contribution in [2.24, 2.45) is 27.7 Å². The molecule has 2 aliphatic heterocycles. The number of rotatable bonds is 3. The zero-order chi connectivity index (χ0) is 20.8. The van der Waals surface area contributed by atoms with Gasteiger partial charge < -0.3 is 10.0 Å². The fourth-order valence-electron chi connectivity index (χ4n) is 5.06. The van der Waals surface area contributed by atoms with Gasteiger partial charge in [0.25, 0.3) is 0 Å². The van der Waals surface area contributed by atoms with E-state index in [1.807, 2.05) is 11.8 Å². The number of nitrogens with zero attached hydrogens (tertiary/aromatic N) is 3. The van der Waals surface area contributed by atoms with Gasteiger partial charge in [-0.25, -0.2) is 9.79 Å². The van der Waals surface area contributed by atoms with Crippen LogP contribution in [0.25, 0.3) is 0 Å². The average Bonchev–Trinajstić information content (AvgIpc) is 3.26. The van der Waals surface area contributed by atoms with Gasteiger partial charge in [0.15, 0.2) is 0 Å². The van der Waals surface area contributed by atoms with Gasteiger partial charge in [0, 0.05) is 19.0 Å². The Morgan fingerprint density at radius 2 is 1.86 bits per heavy atom. The SMILES string of the molecule is CCC1CN=C(N2CC3CC(c4ccccc4C(F)(F)F)CC3C2)N=C1C(=O)O. The average molecular weight is 407 g/mol. The molecule has 1 saturated carbocycles. The van der Waals surface area contributed by atoms with E-state index in [9.17, 15) is 23.1 Å². The van der Waals surface area contributed by atoms with Crippen LogP contribution in [0.15, 0.2) is 34.3 Å². The third kappa shape index (κ3) is 3.76. The number of aliphatic carboxylic acids is 1. The molecule has 29 heavy (non-hydrogen) atoms. The predicted molar refractivity (Wildman–Crippen MR) is 103 cm³/mol. The Balaban J connectivity index is 1.47. The van der Waals surface area contributed by atoms with Crippen molar-refractivity contribution in [1.82, 2.24) is 4.90 Å². The lowest BCUT2D eigenvalue weighted by Crippen LogP contribution is -2.37. The summed E-state index contributed by atoms with van der Waals surface area (Å²) in [7, 11) is 0. The zero-order valence-electron chi connectivity index (χ0n) is 16.2. The monoisotopic (exact) mass is 407 g/mol. The molecular weight excluding hydrogens is 383 g/mol. The van der Waals surface area contributed by atoms with Gasteiger partial charge in [0.05, 0.1) is 12.1 Å².